The minimum absolute atomic E-state index is 0.159. The Hall–Kier alpha value is -3.44. The van der Waals surface area contributed by atoms with Gasteiger partial charge < -0.3 is 14.3 Å². The van der Waals surface area contributed by atoms with Crippen molar-refractivity contribution in [1.29, 1.82) is 0 Å². The lowest BCUT2D eigenvalue weighted by atomic mass is 10.1. The molecule has 4 rings (SSSR count). The van der Waals surface area contributed by atoms with Crippen molar-refractivity contribution >= 4 is 0 Å². The van der Waals surface area contributed by atoms with Gasteiger partial charge in [0.1, 0.15) is 12.4 Å². The number of rotatable bonds is 6. The van der Waals surface area contributed by atoms with E-state index in [1.165, 1.54) is 0 Å². The molecule has 0 fully saturated rings. The quantitative estimate of drug-likeness (QED) is 0.553. The summed E-state index contributed by atoms with van der Waals surface area (Å²) in [4.78, 5) is 0. The SMILES string of the molecule is O[C@H](c1ccc(OCc2ccccc2)cc1)c1nnc(-c2ccccc2)o1. The Balaban J connectivity index is 1.43. The average molecular weight is 358 g/mol. The largest absolute Gasteiger partial charge is 0.489 e. The minimum atomic E-state index is -0.988. The zero-order chi connectivity index (χ0) is 18.5. The van der Waals surface area contributed by atoms with Gasteiger partial charge >= 0.3 is 0 Å². The molecule has 0 aliphatic heterocycles. The molecule has 5 nitrogen and oxygen atoms in total. The van der Waals surface area contributed by atoms with E-state index < -0.39 is 6.10 Å². The third-order valence-corrected chi connectivity index (χ3v) is 4.14. The molecule has 1 aromatic heterocycles. The van der Waals surface area contributed by atoms with E-state index in [1.807, 2.05) is 72.8 Å². The van der Waals surface area contributed by atoms with E-state index in [9.17, 15) is 5.11 Å². The van der Waals surface area contributed by atoms with Crippen LogP contribution < -0.4 is 4.74 Å². The van der Waals surface area contributed by atoms with Crippen LogP contribution in [0.25, 0.3) is 11.5 Å². The van der Waals surface area contributed by atoms with E-state index in [-0.39, 0.29) is 5.89 Å². The Kier molecular flexibility index (Phi) is 4.94. The van der Waals surface area contributed by atoms with Gasteiger partial charge in [0.05, 0.1) is 0 Å². The molecule has 1 heterocycles. The third-order valence-electron chi connectivity index (χ3n) is 4.14. The predicted molar refractivity (Wildman–Crippen MR) is 101 cm³/mol. The highest BCUT2D eigenvalue weighted by atomic mass is 16.5. The van der Waals surface area contributed by atoms with Crippen molar-refractivity contribution in [2.24, 2.45) is 0 Å². The summed E-state index contributed by atoms with van der Waals surface area (Å²) < 4.78 is 11.4. The maximum Gasteiger partial charge on any atom is 0.249 e. The van der Waals surface area contributed by atoms with Crippen LogP contribution in [0.5, 0.6) is 5.75 Å². The van der Waals surface area contributed by atoms with Crippen molar-refractivity contribution in [2.75, 3.05) is 0 Å². The lowest BCUT2D eigenvalue weighted by Gasteiger charge is -2.09. The Morgan fingerprint density at radius 2 is 1.48 bits per heavy atom. The zero-order valence-electron chi connectivity index (χ0n) is 14.5. The molecule has 0 aliphatic carbocycles. The summed E-state index contributed by atoms with van der Waals surface area (Å²) in [6, 6.07) is 26.6. The van der Waals surface area contributed by atoms with E-state index in [2.05, 4.69) is 10.2 Å². The molecule has 0 radical (unpaired) electrons. The molecule has 5 heteroatoms. The van der Waals surface area contributed by atoms with Gasteiger partial charge in [0.25, 0.3) is 0 Å². The zero-order valence-corrected chi connectivity index (χ0v) is 14.5. The highest BCUT2D eigenvalue weighted by Gasteiger charge is 2.18. The molecule has 0 amide bonds. The van der Waals surface area contributed by atoms with Crippen molar-refractivity contribution in [1.82, 2.24) is 10.2 Å². The monoisotopic (exact) mass is 358 g/mol. The summed E-state index contributed by atoms with van der Waals surface area (Å²) in [7, 11) is 0. The van der Waals surface area contributed by atoms with Gasteiger partial charge in [-0.3, -0.25) is 0 Å². The molecule has 0 spiro atoms. The fourth-order valence-electron chi connectivity index (χ4n) is 2.67. The van der Waals surface area contributed by atoms with Crippen molar-refractivity contribution in [3.8, 4) is 17.2 Å². The highest BCUT2D eigenvalue weighted by Crippen LogP contribution is 2.26. The van der Waals surface area contributed by atoms with Crippen LogP contribution in [0.4, 0.5) is 0 Å². The van der Waals surface area contributed by atoms with Gasteiger partial charge in [-0.05, 0) is 35.4 Å². The number of benzene rings is 3. The first-order chi connectivity index (χ1) is 13.3. The Labute approximate surface area is 156 Å². The topological polar surface area (TPSA) is 68.4 Å². The summed E-state index contributed by atoms with van der Waals surface area (Å²) >= 11 is 0. The first-order valence-electron chi connectivity index (χ1n) is 8.63. The number of aliphatic hydroxyl groups excluding tert-OH is 1. The van der Waals surface area contributed by atoms with Crippen molar-refractivity contribution < 1.29 is 14.3 Å². The third kappa shape index (κ3) is 4.04. The van der Waals surface area contributed by atoms with Crippen LogP contribution >= 0.6 is 0 Å². The maximum absolute atomic E-state index is 10.5. The summed E-state index contributed by atoms with van der Waals surface area (Å²) in [5.74, 6) is 1.27. The molecule has 1 N–H and O–H groups in total. The number of aliphatic hydroxyl groups is 1. The van der Waals surface area contributed by atoms with Crippen LogP contribution in [0.15, 0.2) is 89.3 Å². The maximum atomic E-state index is 10.5. The van der Waals surface area contributed by atoms with Crippen LogP contribution in [-0.4, -0.2) is 15.3 Å². The predicted octanol–water partition coefficient (Wildman–Crippen LogP) is 4.40. The summed E-state index contributed by atoms with van der Waals surface area (Å²) in [6.07, 6.45) is -0.988. The number of hydrogen-bond donors (Lipinski definition) is 1. The van der Waals surface area contributed by atoms with E-state index >= 15 is 0 Å². The first kappa shape index (κ1) is 17.0. The Morgan fingerprint density at radius 1 is 0.815 bits per heavy atom. The molecular formula is C22H18N2O3. The summed E-state index contributed by atoms with van der Waals surface area (Å²) in [5, 5.41) is 18.5. The molecular weight excluding hydrogens is 340 g/mol. The summed E-state index contributed by atoms with van der Waals surface area (Å²) in [5.41, 5.74) is 2.57. The normalized spacial score (nSPS) is 11.9. The second-order valence-corrected chi connectivity index (χ2v) is 6.06. The Morgan fingerprint density at radius 3 is 2.19 bits per heavy atom. The van der Waals surface area contributed by atoms with Crippen LogP contribution in [-0.2, 0) is 6.61 Å². The smallest absolute Gasteiger partial charge is 0.249 e. The molecule has 134 valence electrons. The van der Waals surface area contributed by atoms with Crippen LogP contribution in [0.3, 0.4) is 0 Å². The molecule has 1 atom stereocenters. The van der Waals surface area contributed by atoms with Crippen LogP contribution in [0.2, 0.25) is 0 Å². The van der Waals surface area contributed by atoms with E-state index in [1.54, 1.807) is 12.1 Å². The number of ether oxygens (including phenoxy) is 1. The number of nitrogens with zero attached hydrogens (tertiary/aromatic N) is 2. The van der Waals surface area contributed by atoms with Gasteiger partial charge in [-0.1, -0.05) is 60.7 Å². The molecule has 0 bridgehead atoms. The van der Waals surface area contributed by atoms with Crippen molar-refractivity contribution in [2.45, 2.75) is 12.7 Å². The van der Waals surface area contributed by atoms with Crippen LogP contribution in [0, 0.1) is 0 Å². The molecule has 4 aromatic rings. The fraction of sp³-hybridized carbons (Fsp3) is 0.0909. The van der Waals surface area contributed by atoms with Crippen molar-refractivity contribution in [3.05, 3.63) is 102 Å². The van der Waals surface area contributed by atoms with E-state index in [0.717, 1.165) is 16.9 Å². The van der Waals surface area contributed by atoms with Gasteiger partial charge in [0.15, 0.2) is 6.10 Å². The number of aromatic nitrogens is 2. The molecule has 3 aromatic carbocycles. The van der Waals surface area contributed by atoms with Gasteiger partial charge in [0, 0.05) is 5.56 Å². The van der Waals surface area contributed by atoms with Gasteiger partial charge in [-0.25, -0.2) is 0 Å². The first-order valence-corrected chi connectivity index (χ1v) is 8.63. The van der Waals surface area contributed by atoms with Gasteiger partial charge in [0.2, 0.25) is 11.8 Å². The second kappa shape index (κ2) is 7.85. The van der Waals surface area contributed by atoms with Gasteiger partial charge in [-0.15, -0.1) is 10.2 Å². The molecule has 0 aliphatic rings. The Bertz CT molecular complexity index is 983. The van der Waals surface area contributed by atoms with E-state index in [0.29, 0.717) is 18.1 Å². The fourth-order valence-corrected chi connectivity index (χ4v) is 2.67. The molecule has 0 saturated heterocycles. The standard InChI is InChI=1S/C22H18N2O3/c25-20(22-24-23-21(27-22)18-9-5-2-6-10-18)17-11-13-19(14-12-17)26-15-16-7-3-1-4-8-16/h1-14,20,25H,15H2/t20-/m1/s1. The highest BCUT2D eigenvalue weighted by molar-refractivity contribution is 5.51. The second-order valence-electron chi connectivity index (χ2n) is 6.06. The van der Waals surface area contributed by atoms with Gasteiger partial charge in [-0.2, -0.15) is 0 Å². The van der Waals surface area contributed by atoms with Crippen molar-refractivity contribution in [3.63, 3.8) is 0 Å². The molecule has 27 heavy (non-hydrogen) atoms. The van der Waals surface area contributed by atoms with Crippen LogP contribution in [0.1, 0.15) is 23.1 Å². The summed E-state index contributed by atoms with van der Waals surface area (Å²) in [6.45, 7) is 0.493. The average Bonchev–Trinajstić information content (AvgIpc) is 3.24. The lowest BCUT2D eigenvalue weighted by molar-refractivity contribution is 0.183. The molecule has 0 unspecified atom stereocenters. The van der Waals surface area contributed by atoms with E-state index in [4.69, 9.17) is 9.15 Å². The lowest BCUT2D eigenvalue weighted by Crippen LogP contribution is -2.00. The minimum Gasteiger partial charge on any atom is -0.489 e. The molecule has 0 saturated carbocycles. The number of hydrogen-bond acceptors (Lipinski definition) is 5.